The number of aliphatic imine (C=N–C) groups is 1. The maximum absolute atomic E-state index is 6.03. The molecular weight excluding hydrogens is 250 g/mol. The number of nitrogens with one attached hydrogen (secondary N) is 1. The lowest BCUT2D eigenvalue weighted by molar-refractivity contribution is 0.338. The Kier molecular flexibility index (Phi) is 3.85. The molecule has 106 valence electrons. The van der Waals surface area contributed by atoms with Gasteiger partial charge in [0.05, 0.1) is 11.0 Å². The Morgan fingerprint density at radius 2 is 2.05 bits per heavy atom. The number of hydrogen-bond donors (Lipinski definition) is 2. The molecule has 3 N–H and O–H groups in total. The molecule has 2 heterocycles. The number of nitrogens with two attached hydrogens (primary N) is 1. The molecule has 0 bridgehead atoms. The second-order valence-electron chi connectivity index (χ2n) is 5.24. The Labute approximate surface area is 118 Å². The number of hydrogen-bond acceptors (Lipinski definition) is 2. The lowest BCUT2D eigenvalue weighted by Crippen LogP contribution is -2.41. The Morgan fingerprint density at radius 1 is 1.25 bits per heavy atom. The maximum atomic E-state index is 6.03. The van der Waals surface area contributed by atoms with Gasteiger partial charge in [-0.2, -0.15) is 0 Å². The van der Waals surface area contributed by atoms with Gasteiger partial charge < -0.3 is 15.6 Å². The number of nitrogens with zero attached hydrogens (tertiary/aromatic N) is 3. The van der Waals surface area contributed by atoms with Crippen molar-refractivity contribution in [3.63, 3.8) is 0 Å². The third-order valence-corrected chi connectivity index (χ3v) is 3.74. The van der Waals surface area contributed by atoms with Crippen LogP contribution in [-0.4, -0.2) is 40.5 Å². The number of H-pyrrole nitrogens is 1. The second-order valence-corrected chi connectivity index (χ2v) is 5.24. The smallest absolute Gasteiger partial charge is 0.191 e. The number of fused-ring (bicyclic) bond motifs is 1. The first-order valence-corrected chi connectivity index (χ1v) is 7.31. The zero-order valence-electron chi connectivity index (χ0n) is 11.7. The molecule has 0 unspecified atom stereocenters. The van der Waals surface area contributed by atoms with Crippen molar-refractivity contribution in [3.05, 3.63) is 30.1 Å². The molecule has 3 rings (SSSR count). The fraction of sp³-hybridized carbons (Fsp3) is 0.467. The van der Waals surface area contributed by atoms with Gasteiger partial charge in [0, 0.05) is 26.1 Å². The lowest BCUT2D eigenvalue weighted by Gasteiger charge is -2.27. The second kappa shape index (κ2) is 5.94. The third-order valence-electron chi connectivity index (χ3n) is 3.74. The van der Waals surface area contributed by atoms with Gasteiger partial charge in [-0.05, 0) is 31.4 Å². The highest BCUT2D eigenvalue weighted by molar-refractivity contribution is 5.78. The van der Waals surface area contributed by atoms with Crippen LogP contribution in [0.1, 0.15) is 25.1 Å². The van der Waals surface area contributed by atoms with E-state index in [9.17, 15) is 0 Å². The number of para-hydroxylation sites is 2. The number of aromatic amines is 1. The van der Waals surface area contributed by atoms with E-state index in [0.29, 0.717) is 12.5 Å². The van der Waals surface area contributed by atoms with Crippen molar-refractivity contribution >= 4 is 17.0 Å². The normalized spacial score (nSPS) is 16.8. The van der Waals surface area contributed by atoms with Crippen LogP contribution in [0.15, 0.2) is 29.3 Å². The van der Waals surface area contributed by atoms with E-state index in [1.54, 1.807) is 0 Å². The molecule has 1 aromatic carbocycles. The van der Waals surface area contributed by atoms with Gasteiger partial charge in [0.1, 0.15) is 5.82 Å². The monoisotopic (exact) mass is 271 g/mol. The molecule has 0 atom stereocenters. The molecule has 5 nitrogen and oxygen atoms in total. The standard InChI is InChI=1S/C15H21N5/c16-15(20-10-4-1-5-11-20)17-9-8-14-18-12-6-2-3-7-13(12)19-14/h2-3,6-7H,1,4-5,8-11H2,(H2,16,17)(H,18,19). The van der Waals surface area contributed by atoms with Crippen molar-refractivity contribution in [2.45, 2.75) is 25.7 Å². The van der Waals surface area contributed by atoms with Gasteiger partial charge in [0.15, 0.2) is 5.96 Å². The molecule has 2 aromatic rings. The van der Waals surface area contributed by atoms with Crippen LogP contribution in [0, 0.1) is 0 Å². The SMILES string of the molecule is NC(=NCCc1nc2ccccc2[nH]1)N1CCCCC1. The van der Waals surface area contributed by atoms with Crippen molar-refractivity contribution in [2.75, 3.05) is 19.6 Å². The average Bonchev–Trinajstić information content (AvgIpc) is 2.90. The van der Waals surface area contributed by atoms with Crippen LogP contribution in [0.3, 0.4) is 0 Å². The van der Waals surface area contributed by atoms with Gasteiger partial charge in [-0.15, -0.1) is 0 Å². The topological polar surface area (TPSA) is 70.3 Å². The fourth-order valence-corrected chi connectivity index (χ4v) is 2.62. The van der Waals surface area contributed by atoms with Crippen LogP contribution >= 0.6 is 0 Å². The predicted octanol–water partition coefficient (Wildman–Crippen LogP) is 1.91. The first kappa shape index (κ1) is 13.0. The summed E-state index contributed by atoms with van der Waals surface area (Å²) in [5, 5.41) is 0. The number of imidazole rings is 1. The van der Waals surface area contributed by atoms with Gasteiger partial charge in [0.2, 0.25) is 0 Å². The molecule has 0 spiro atoms. The quantitative estimate of drug-likeness (QED) is 0.661. The Morgan fingerprint density at radius 3 is 2.85 bits per heavy atom. The summed E-state index contributed by atoms with van der Waals surface area (Å²) in [6, 6.07) is 8.06. The molecule has 0 radical (unpaired) electrons. The highest BCUT2D eigenvalue weighted by atomic mass is 15.2. The molecule has 1 aliphatic heterocycles. The predicted molar refractivity (Wildman–Crippen MR) is 81.7 cm³/mol. The zero-order chi connectivity index (χ0) is 13.8. The van der Waals surface area contributed by atoms with Crippen LogP contribution < -0.4 is 5.73 Å². The van der Waals surface area contributed by atoms with Crippen molar-refractivity contribution in [2.24, 2.45) is 10.7 Å². The summed E-state index contributed by atoms with van der Waals surface area (Å²) in [4.78, 5) is 14.5. The fourth-order valence-electron chi connectivity index (χ4n) is 2.62. The summed E-state index contributed by atoms with van der Waals surface area (Å²) in [6.07, 6.45) is 4.55. The number of likely N-dealkylation sites (tertiary alicyclic amines) is 1. The molecule has 1 saturated heterocycles. The van der Waals surface area contributed by atoms with Gasteiger partial charge >= 0.3 is 0 Å². The highest BCUT2D eigenvalue weighted by Crippen LogP contribution is 2.11. The number of piperidine rings is 1. The Balaban J connectivity index is 1.58. The molecule has 20 heavy (non-hydrogen) atoms. The van der Waals surface area contributed by atoms with E-state index < -0.39 is 0 Å². The minimum absolute atomic E-state index is 0.681. The van der Waals surface area contributed by atoms with Gasteiger partial charge in [0.25, 0.3) is 0 Å². The van der Waals surface area contributed by atoms with Gasteiger partial charge in [-0.3, -0.25) is 4.99 Å². The number of guanidine groups is 1. The summed E-state index contributed by atoms with van der Waals surface area (Å²) in [5.41, 5.74) is 8.12. The minimum atomic E-state index is 0.681. The van der Waals surface area contributed by atoms with Crippen molar-refractivity contribution in [1.82, 2.24) is 14.9 Å². The van der Waals surface area contributed by atoms with Gasteiger partial charge in [-0.1, -0.05) is 12.1 Å². The molecule has 1 aromatic heterocycles. The summed E-state index contributed by atoms with van der Waals surface area (Å²) < 4.78 is 0. The van der Waals surface area contributed by atoms with Crippen molar-refractivity contribution in [3.8, 4) is 0 Å². The lowest BCUT2D eigenvalue weighted by atomic mass is 10.1. The van der Waals surface area contributed by atoms with Crippen LogP contribution in [0.4, 0.5) is 0 Å². The first-order valence-electron chi connectivity index (χ1n) is 7.31. The molecular formula is C15H21N5. The summed E-state index contributed by atoms with van der Waals surface area (Å²) in [5.74, 6) is 1.65. The third kappa shape index (κ3) is 2.92. The van der Waals surface area contributed by atoms with Crippen LogP contribution in [0.25, 0.3) is 11.0 Å². The molecule has 1 aliphatic rings. The number of benzene rings is 1. The number of rotatable bonds is 3. The average molecular weight is 271 g/mol. The van der Waals surface area contributed by atoms with Crippen LogP contribution in [0.2, 0.25) is 0 Å². The van der Waals surface area contributed by atoms with E-state index in [1.807, 2.05) is 24.3 Å². The van der Waals surface area contributed by atoms with E-state index >= 15 is 0 Å². The van der Waals surface area contributed by atoms with E-state index in [-0.39, 0.29) is 0 Å². The first-order chi connectivity index (χ1) is 9.83. The van der Waals surface area contributed by atoms with E-state index in [0.717, 1.165) is 36.4 Å². The summed E-state index contributed by atoms with van der Waals surface area (Å²) >= 11 is 0. The zero-order valence-corrected chi connectivity index (χ0v) is 11.7. The van der Waals surface area contributed by atoms with Crippen molar-refractivity contribution < 1.29 is 0 Å². The van der Waals surface area contributed by atoms with Crippen LogP contribution in [-0.2, 0) is 6.42 Å². The minimum Gasteiger partial charge on any atom is -0.370 e. The van der Waals surface area contributed by atoms with Gasteiger partial charge in [-0.25, -0.2) is 4.98 Å². The molecule has 0 aliphatic carbocycles. The molecule has 1 fully saturated rings. The number of aromatic nitrogens is 2. The largest absolute Gasteiger partial charge is 0.370 e. The van der Waals surface area contributed by atoms with Crippen LogP contribution in [0.5, 0.6) is 0 Å². The molecule has 0 saturated carbocycles. The molecule has 0 amide bonds. The Hall–Kier alpha value is -2.04. The summed E-state index contributed by atoms with van der Waals surface area (Å²) in [6.45, 7) is 2.77. The van der Waals surface area contributed by atoms with E-state index in [1.165, 1.54) is 19.3 Å². The highest BCUT2D eigenvalue weighted by Gasteiger charge is 2.11. The summed E-state index contributed by atoms with van der Waals surface area (Å²) in [7, 11) is 0. The van der Waals surface area contributed by atoms with E-state index in [2.05, 4.69) is 19.9 Å². The molecule has 5 heteroatoms. The Bertz CT molecular complexity index is 562. The van der Waals surface area contributed by atoms with Crippen molar-refractivity contribution in [1.29, 1.82) is 0 Å². The van der Waals surface area contributed by atoms with E-state index in [4.69, 9.17) is 5.73 Å². The maximum Gasteiger partial charge on any atom is 0.191 e.